The van der Waals surface area contributed by atoms with E-state index in [2.05, 4.69) is 10.4 Å². The SMILES string of the molecule is Cc1c(C(C)NC(=O)COc2ccccc2[N+](=O)[O-])cnn1-c1ccc(F)cc1. The molecule has 1 unspecified atom stereocenters. The van der Waals surface area contributed by atoms with E-state index in [1.54, 1.807) is 36.0 Å². The second kappa shape index (κ2) is 8.51. The van der Waals surface area contributed by atoms with E-state index in [1.165, 1.54) is 30.3 Å². The molecule has 0 saturated heterocycles. The number of carbonyl (C=O) groups excluding carboxylic acids is 1. The standard InChI is InChI=1S/C20H19FN4O4/c1-13(17-11-22-24(14(17)2)16-9-7-15(21)8-10-16)23-20(26)12-29-19-6-4-3-5-18(19)25(27)28/h3-11,13H,12H2,1-2H3,(H,23,26). The molecule has 0 fully saturated rings. The van der Waals surface area contributed by atoms with E-state index in [-0.39, 0.29) is 29.9 Å². The number of hydrogen-bond acceptors (Lipinski definition) is 5. The molecule has 9 heteroatoms. The van der Waals surface area contributed by atoms with Gasteiger partial charge in [-0.2, -0.15) is 5.10 Å². The summed E-state index contributed by atoms with van der Waals surface area (Å²) in [5.41, 5.74) is 2.08. The smallest absolute Gasteiger partial charge is 0.310 e. The molecule has 1 atom stereocenters. The Morgan fingerprint density at radius 1 is 1.28 bits per heavy atom. The average molecular weight is 398 g/mol. The lowest BCUT2D eigenvalue weighted by Crippen LogP contribution is -2.31. The average Bonchev–Trinajstić information content (AvgIpc) is 3.08. The van der Waals surface area contributed by atoms with Crippen LogP contribution in [0.5, 0.6) is 5.75 Å². The van der Waals surface area contributed by atoms with Gasteiger partial charge in [-0.15, -0.1) is 0 Å². The van der Waals surface area contributed by atoms with Crippen molar-refractivity contribution in [3.8, 4) is 11.4 Å². The van der Waals surface area contributed by atoms with Crippen LogP contribution in [-0.4, -0.2) is 27.2 Å². The van der Waals surface area contributed by atoms with Crippen molar-refractivity contribution in [2.24, 2.45) is 0 Å². The zero-order valence-electron chi connectivity index (χ0n) is 15.8. The first kappa shape index (κ1) is 20.0. The maximum Gasteiger partial charge on any atom is 0.310 e. The molecule has 0 aliphatic heterocycles. The van der Waals surface area contributed by atoms with Gasteiger partial charge in [0, 0.05) is 17.3 Å². The Kier molecular flexibility index (Phi) is 5.87. The van der Waals surface area contributed by atoms with E-state index in [1.807, 2.05) is 6.92 Å². The molecular weight excluding hydrogens is 379 g/mol. The molecule has 0 aliphatic carbocycles. The van der Waals surface area contributed by atoms with Crippen LogP contribution in [0.15, 0.2) is 54.7 Å². The second-order valence-corrected chi connectivity index (χ2v) is 6.38. The van der Waals surface area contributed by atoms with Gasteiger partial charge in [0.2, 0.25) is 0 Å². The number of carbonyl (C=O) groups is 1. The Balaban J connectivity index is 1.65. The van der Waals surface area contributed by atoms with Crippen molar-refractivity contribution >= 4 is 11.6 Å². The number of para-hydroxylation sites is 2. The first-order valence-corrected chi connectivity index (χ1v) is 8.83. The van der Waals surface area contributed by atoms with Crippen LogP contribution >= 0.6 is 0 Å². The van der Waals surface area contributed by atoms with Gasteiger partial charge in [-0.25, -0.2) is 9.07 Å². The van der Waals surface area contributed by atoms with E-state index in [9.17, 15) is 19.3 Å². The molecule has 1 N–H and O–H groups in total. The highest BCUT2D eigenvalue weighted by Gasteiger charge is 2.18. The van der Waals surface area contributed by atoms with Crippen LogP contribution in [0.2, 0.25) is 0 Å². The molecule has 0 spiro atoms. The van der Waals surface area contributed by atoms with Crippen LogP contribution in [-0.2, 0) is 4.79 Å². The minimum Gasteiger partial charge on any atom is -0.477 e. The quantitative estimate of drug-likeness (QED) is 0.485. The summed E-state index contributed by atoms with van der Waals surface area (Å²) >= 11 is 0. The minimum atomic E-state index is -0.566. The summed E-state index contributed by atoms with van der Waals surface area (Å²) < 4.78 is 20.1. The zero-order chi connectivity index (χ0) is 21.0. The summed E-state index contributed by atoms with van der Waals surface area (Å²) in [6, 6.07) is 11.4. The molecule has 3 rings (SSSR count). The second-order valence-electron chi connectivity index (χ2n) is 6.38. The van der Waals surface area contributed by atoms with Gasteiger partial charge < -0.3 is 10.1 Å². The Morgan fingerprint density at radius 2 is 1.97 bits per heavy atom. The number of nitro groups is 1. The number of hydrogen-bond donors (Lipinski definition) is 1. The predicted octanol–water partition coefficient (Wildman–Crippen LogP) is 3.48. The van der Waals surface area contributed by atoms with Crippen molar-refractivity contribution in [1.29, 1.82) is 0 Å². The predicted molar refractivity (Wildman–Crippen MR) is 103 cm³/mol. The Hall–Kier alpha value is -3.75. The van der Waals surface area contributed by atoms with E-state index >= 15 is 0 Å². The molecule has 29 heavy (non-hydrogen) atoms. The van der Waals surface area contributed by atoms with Crippen molar-refractivity contribution in [2.75, 3.05) is 6.61 Å². The third-order valence-corrected chi connectivity index (χ3v) is 4.38. The Labute approximate surface area is 166 Å². The van der Waals surface area contributed by atoms with Crippen LogP contribution in [0.4, 0.5) is 10.1 Å². The number of amides is 1. The van der Waals surface area contributed by atoms with Crippen LogP contribution in [0, 0.1) is 22.9 Å². The third-order valence-electron chi connectivity index (χ3n) is 4.38. The fourth-order valence-corrected chi connectivity index (χ4v) is 2.92. The van der Waals surface area contributed by atoms with Gasteiger partial charge in [-0.3, -0.25) is 14.9 Å². The van der Waals surface area contributed by atoms with Gasteiger partial charge in [-0.1, -0.05) is 12.1 Å². The van der Waals surface area contributed by atoms with E-state index in [4.69, 9.17) is 4.74 Å². The molecule has 0 radical (unpaired) electrons. The first-order valence-electron chi connectivity index (χ1n) is 8.83. The summed E-state index contributed by atoms with van der Waals surface area (Å²) in [4.78, 5) is 22.7. The maximum atomic E-state index is 13.1. The molecule has 0 aliphatic rings. The molecule has 0 saturated carbocycles. The number of halogens is 1. The lowest BCUT2D eigenvalue weighted by atomic mass is 10.1. The first-order chi connectivity index (χ1) is 13.9. The number of rotatable bonds is 7. The molecule has 1 amide bonds. The summed E-state index contributed by atoms with van der Waals surface area (Å²) in [6.07, 6.45) is 1.63. The summed E-state index contributed by atoms with van der Waals surface area (Å²) in [6.45, 7) is 3.28. The topological polar surface area (TPSA) is 99.3 Å². The fourth-order valence-electron chi connectivity index (χ4n) is 2.92. The molecule has 3 aromatic rings. The lowest BCUT2D eigenvalue weighted by molar-refractivity contribution is -0.385. The highest BCUT2D eigenvalue weighted by Crippen LogP contribution is 2.26. The summed E-state index contributed by atoms with van der Waals surface area (Å²) in [7, 11) is 0. The maximum absolute atomic E-state index is 13.1. The highest BCUT2D eigenvalue weighted by atomic mass is 19.1. The van der Waals surface area contributed by atoms with E-state index in [0.29, 0.717) is 5.69 Å². The Bertz CT molecular complexity index is 1030. The summed E-state index contributed by atoms with van der Waals surface area (Å²) in [5.74, 6) is -0.733. The highest BCUT2D eigenvalue weighted by molar-refractivity contribution is 5.78. The molecular formula is C20H19FN4O4. The van der Waals surface area contributed by atoms with Crippen molar-refractivity contribution in [2.45, 2.75) is 19.9 Å². The molecule has 150 valence electrons. The molecule has 1 aromatic heterocycles. The number of ether oxygens (including phenoxy) is 1. The van der Waals surface area contributed by atoms with Crippen molar-refractivity contribution in [3.63, 3.8) is 0 Å². The van der Waals surface area contributed by atoms with Crippen LogP contribution < -0.4 is 10.1 Å². The number of benzene rings is 2. The number of aromatic nitrogens is 2. The van der Waals surface area contributed by atoms with Crippen molar-refractivity contribution in [3.05, 3.63) is 81.9 Å². The summed E-state index contributed by atoms with van der Waals surface area (Å²) in [5, 5.41) is 18.1. The van der Waals surface area contributed by atoms with Gasteiger partial charge in [0.05, 0.1) is 22.8 Å². The van der Waals surface area contributed by atoms with E-state index < -0.39 is 10.8 Å². The van der Waals surface area contributed by atoms with Gasteiger partial charge >= 0.3 is 5.69 Å². The van der Waals surface area contributed by atoms with E-state index in [0.717, 1.165) is 11.3 Å². The van der Waals surface area contributed by atoms with Crippen LogP contribution in [0.25, 0.3) is 5.69 Å². The number of nitrogens with zero attached hydrogens (tertiary/aromatic N) is 3. The van der Waals surface area contributed by atoms with Crippen LogP contribution in [0.3, 0.4) is 0 Å². The van der Waals surface area contributed by atoms with Gasteiger partial charge in [-0.05, 0) is 44.2 Å². The fraction of sp³-hybridized carbons (Fsp3) is 0.200. The van der Waals surface area contributed by atoms with Gasteiger partial charge in [0.15, 0.2) is 12.4 Å². The zero-order valence-corrected chi connectivity index (χ0v) is 15.8. The van der Waals surface area contributed by atoms with Crippen molar-refractivity contribution in [1.82, 2.24) is 15.1 Å². The molecule has 1 heterocycles. The largest absolute Gasteiger partial charge is 0.477 e. The van der Waals surface area contributed by atoms with Gasteiger partial charge in [0.25, 0.3) is 5.91 Å². The number of nitrogens with one attached hydrogen (secondary N) is 1. The third kappa shape index (κ3) is 4.57. The van der Waals surface area contributed by atoms with Crippen molar-refractivity contribution < 1.29 is 18.8 Å². The monoisotopic (exact) mass is 398 g/mol. The minimum absolute atomic E-state index is 0.0283. The Morgan fingerprint density at radius 3 is 2.66 bits per heavy atom. The lowest BCUT2D eigenvalue weighted by Gasteiger charge is -2.14. The molecule has 2 aromatic carbocycles. The number of nitro benzene ring substituents is 1. The van der Waals surface area contributed by atoms with Crippen LogP contribution in [0.1, 0.15) is 24.2 Å². The van der Waals surface area contributed by atoms with Gasteiger partial charge in [0.1, 0.15) is 5.82 Å². The molecule has 8 nitrogen and oxygen atoms in total. The molecule has 0 bridgehead atoms. The normalized spacial score (nSPS) is 11.7.